The Morgan fingerprint density at radius 2 is 1.76 bits per heavy atom. The summed E-state index contributed by atoms with van der Waals surface area (Å²) in [5, 5.41) is 3.53. The number of benzene rings is 2. The van der Waals surface area contributed by atoms with Gasteiger partial charge in [0.05, 0.1) is 12.5 Å². The van der Waals surface area contributed by atoms with Gasteiger partial charge in [-0.2, -0.15) is 0 Å². The van der Waals surface area contributed by atoms with Crippen LogP contribution in [0.3, 0.4) is 0 Å². The number of fused-ring (bicyclic) bond motifs is 1. The van der Waals surface area contributed by atoms with E-state index >= 15 is 0 Å². The summed E-state index contributed by atoms with van der Waals surface area (Å²) in [5.41, 5.74) is 1.68. The summed E-state index contributed by atoms with van der Waals surface area (Å²) in [4.78, 5) is 24.3. The van der Waals surface area contributed by atoms with Crippen LogP contribution in [0.1, 0.15) is 31.0 Å². The van der Waals surface area contributed by atoms with Gasteiger partial charge in [-0.15, -0.1) is 0 Å². The first kappa shape index (κ1) is 21.0. The predicted octanol–water partition coefficient (Wildman–Crippen LogP) is 3.71. The van der Waals surface area contributed by atoms with E-state index in [9.17, 15) is 9.59 Å². The molecule has 1 amide bonds. The van der Waals surface area contributed by atoms with Crippen molar-refractivity contribution < 1.29 is 23.8 Å². The zero-order chi connectivity index (χ0) is 20.8. The third-order valence-corrected chi connectivity index (χ3v) is 4.79. The number of amides is 1. The molecule has 154 valence electrons. The van der Waals surface area contributed by atoms with Crippen molar-refractivity contribution in [2.45, 2.75) is 26.3 Å². The van der Waals surface area contributed by atoms with Crippen molar-refractivity contribution in [3.05, 3.63) is 58.6 Å². The molecule has 7 heteroatoms. The highest BCUT2D eigenvalue weighted by Gasteiger charge is 2.22. The summed E-state index contributed by atoms with van der Waals surface area (Å²) in [6.07, 6.45) is 0.0836. The minimum Gasteiger partial charge on any atom is -0.486 e. The molecule has 29 heavy (non-hydrogen) atoms. The van der Waals surface area contributed by atoms with Gasteiger partial charge in [-0.1, -0.05) is 43.6 Å². The van der Waals surface area contributed by atoms with E-state index in [2.05, 4.69) is 5.32 Å². The van der Waals surface area contributed by atoms with E-state index in [1.54, 1.807) is 24.3 Å². The van der Waals surface area contributed by atoms with Crippen molar-refractivity contribution in [3.8, 4) is 11.5 Å². The molecule has 1 atom stereocenters. The molecule has 0 fully saturated rings. The second-order valence-corrected chi connectivity index (χ2v) is 7.59. The lowest BCUT2D eigenvalue weighted by Crippen LogP contribution is -2.35. The number of hydrogen-bond acceptors (Lipinski definition) is 5. The smallest absolute Gasteiger partial charge is 0.310 e. The second-order valence-electron chi connectivity index (χ2n) is 7.16. The summed E-state index contributed by atoms with van der Waals surface area (Å²) in [5.74, 6) is 0.672. The summed E-state index contributed by atoms with van der Waals surface area (Å²) >= 11 is 5.83. The van der Waals surface area contributed by atoms with Gasteiger partial charge >= 0.3 is 5.97 Å². The number of halogens is 1. The molecule has 1 heterocycles. The fourth-order valence-corrected chi connectivity index (χ4v) is 3.20. The predicted molar refractivity (Wildman–Crippen MR) is 109 cm³/mol. The third-order valence-electron chi connectivity index (χ3n) is 4.53. The van der Waals surface area contributed by atoms with Gasteiger partial charge in [0.2, 0.25) is 0 Å². The zero-order valence-corrected chi connectivity index (χ0v) is 17.2. The molecular weight excluding hydrogens is 394 g/mol. The van der Waals surface area contributed by atoms with Crippen LogP contribution in [0.15, 0.2) is 42.5 Å². The van der Waals surface area contributed by atoms with E-state index in [1.807, 2.05) is 32.0 Å². The Labute approximate surface area is 175 Å². The molecule has 2 aromatic carbocycles. The van der Waals surface area contributed by atoms with Gasteiger partial charge < -0.3 is 19.5 Å². The fourth-order valence-electron chi connectivity index (χ4n) is 3.07. The van der Waals surface area contributed by atoms with Crippen LogP contribution in [-0.4, -0.2) is 31.7 Å². The largest absolute Gasteiger partial charge is 0.486 e. The highest BCUT2D eigenvalue weighted by Crippen LogP contribution is 2.34. The Morgan fingerprint density at radius 1 is 1.07 bits per heavy atom. The monoisotopic (exact) mass is 417 g/mol. The molecule has 1 aliphatic heterocycles. The standard InChI is InChI=1S/C22H24ClNO5/c1-14(2)22(16-5-8-18-19(12-16)28-10-9-27-18)24-20(25)13-29-21(26)11-15-3-6-17(23)7-4-15/h3-8,12,14,22H,9-11,13H2,1-2H3,(H,24,25)/t22-/m1/s1. The highest BCUT2D eigenvalue weighted by atomic mass is 35.5. The Balaban J connectivity index is 1.55. The highest BCUT2D eigenvalue weighted by molar-refractivity contribution is 6.30. The Morgan fingerprint density at radius 3 is 2.45 bits per heavy atom. The first-order chi connectivity index (χ1) is 13.9. The van der Waals surface area contributed by atoms with E-state index in [0.29, 0.717) is 29.7 Å². The van der Waals surface area contributed by atoms with Crippen molar-refractivity contribution in [1.82, 2.24) is 5.32 Å². The van der Waals surface area contributed by atoms with Gasteiger partial charge in [0, 0.05) is 5.02 Å². The molecule has 2 aromatic rings. The van der Waals surface area contributed by atoms with Gasteiger partial charge in [0.25, 0.3) is 5.91 Å². The molecule has 3 rings (SSSR count). The summed E-state index contributed by atoms with van der Waals surface area (Å²) in [7, 11) is 0. The van der Waals surface area contributed by atoms with Gasteiger partial charge in [-0.05, 0) is 41.3 Å². The number of rotatable bonds is 7. The minimum absolute atomic E-state index is 0.0836. The number of carbonyl (C=O) groups is 2. The summed E-state index contributed by atoms with van der Waals surface area (Å²) in [6.45, 7) is 4.71. The first-order valence-corrected chi connectivity index (χ1v) is 9.89. The van der Waals surface area contributed by atoms with E-state index in [0.717, 1.165) is 11.1 Å². The van der Waals surface area contributed by atoms with Gasteiger partial charge in [-0.3, -0.25) is 9.59 Å². The molecule has 1 aliphatic rings. The average Bonchev–Trinajstić information content (AvgIpc) is 2.71. The van der Waals surface area contributed by atoms with Gasteiger partial charge in [-0.25, -0.2) is 0 Å². The SMILES string of the molecule is CC(C)[C@@H](NC(=O)COC(=O)Cc1ccc(Cl)cc1)c1ccc2c(c1)OCCO2. The van der Waals surface area contributed by atoms with Gasteiger partial charge in [0.1, 0.15) is 13.2 Å². The Kier molecular flexibility index (Phi) is 6.99. The maximum Gasteiger partial charge on any atom is 0.310 e. The summed E-state index contributed by atoms with van der Waals surface area (Å²) < 4.78 is 16.3. The van der Waals surface area contributed by atoms with Crippen molar-refractivity contribution >= 4 is 23.5 Å². The Hall–Kier alpha value is -2.73. The lowest BCUT2D eigenvalue weighted by molar-refractivity contribution is -0.148. The van der Waals surface area contributed by atoms with Crippen molar-refractivity contribution in [1.29, 1.82) is 0 Å². The molecule has 6 nitrogen and oxygen atoms in total. The van der Waals surface area contributed by atoms with Crippen LogP contribution < -0.4 is 14.8 Å². The molecular formula is C22H24ClNO5. The molecule has 0 saturated carbocycles. The van der Waals surface area contributed by atoms with Crippen LogP contribution >= 0.6 is 11.6 Å². The molecule has 0 bridgehead atoms. The summed E-state index contributed by atoms with van der Waals surface area (Å²) in [6, 6.07) is 12.3. The average molecular weight is 418 g/mol. The molecule has 0 aliphatic carbocycles. The molecule has 0 spiro atoms. The van der Waals surface area contributed by atoms with E-state index < -0.39 is 5.97 Å². The van der Waals surface area contributed by atoms with Crippen molar-refractivity contribution in [2.24, 2.45) is 5.92 Å². The molecule has 0 unspecified atom stereocenters. The molecule has 0 saturated heterocycles. The van der Waals surface area contributed by atoms with Crippen molar-refractivity contribution in [3.63, 3.8) is 0 Å². The van der Waals surface area contributed by atoms with Crippen LogP contribution in [0, 0.1) is 5.92 Å². The third kappa shape index (κ3) is 5.87. The maximum atomic E-state index is 12.4. The molecule has 0 aromatic heterocycles. The lowest BCUT2D eigenvalue weighted by atomic mass is 9.95. The number of esters is 1. The van der Waals surface area contributed by atoms with E-state index in [4.69, 9.17) is 25.8 Å². The van der Waals surface area contributed by atoms with Gasteiger partial charge in [0.15, 0.2) is 18.1 Å². The number of ether oxygens (including phenoxy) is 3. The van der Waals surface area contributed by atoms with Crippen LogP contribution in [0.2, 0.25) is 5.02 Å². The van der Waals surface area contributed by atoms with E-state index in [-0.39, 0.29) is 30.9 Å². The molecule has 1 N–H and O–H groups in total. The van der Waals surface area contributed by atoms with Crippen LogP contribution in [-0.2, 0) is 20.7 Å². The van der Waals surface area contributed by atoms with Crippen LogP contribution in [0.5, 0.6) is 11.5 Å². The van der Waals surface area contributed by atoms with Crippen LogP contribution in [0.4, 0.5) is 0 Å². The van der Waals surface area contributed by atoms with Crippen molar-refractivity contribution in [2.75, 3.05) is 19.8 Å². The van der Waals surface area contributed by atoms with E-state index in [1.165, 1.54) is 0 Å². The zero-order valence-electron chi connectivity index (χ0n) is 16.4. The number of carbonyl (C=O) groups excluding carboxylic acids is 2. The maximum absolute atomic E-state index is 12.4. The first-order valence-electron chi connectivity index (χ1n) is 9.51. The Bertz CT molecular complexity index is 866. The fraction of sp³-hybridized carbons (Fsp3) is 0.364. The number of nitrogens with one attached hydrogen (secondary N) is 1. The lowest BCUT2D eigenvalue weighted by Gasteiger charge is -2.25. The number of hydrogen-bond donors (Lipinski definition) is 1. The second kappa shape index (κ2) is 9.65. The normalized spacial score (nSPS) is 13.7. The van der Waals surface area contributed by atoms with Crippen LogP contribution in [0.25, 0.3) is 0 Å². The quantitative estimate of drug-likeness (QED) is 0.695. The topological polar surface area (TPSA) is 73.9 Å². The minimum atomic E-state index is -0.470. The molecule has 0 radical (unpaired) electrons.